The molecule has 1 fully saturated rings. The lowest BCUT2D eigenvalue weighted by molar-refractivity contribution is 0.222. The maximum absolute atomic E-state index is 12.4. The van der Waals surface area contributed by atoms with Crippen LogP contribution in [0.4, 0.5) is 27.9 Å². The van der Waals surface area contributed by atoms with Gasteiger partial charge < -0.3 is 31.6 Å². The number of hydrogen-bond acceptors (Lipinski definition) is 7. The van der Waals surface area contributed by atoms with E-state index < -0.39 is 0 Å². The zero-order valence-electron chi connectivity index (χ0n) is 17.4. The van der Waals surface area contributed by atoms with E-state index in [4.69, 9.17) is 5.73 Å². The number of aromatic amines is 1. The fourth-order valence-corrected chi connectivity index (χ4v) is 3.40. The van der Waals surface area contributed by atoms with E-state index in [1.165, 1.54) is 0 Å². The summed E-state index contributed by atoms with van der Waals surface area (Å²) in [4.78, 5) is 30.2. The second-order valence-electron chi connectivity index (χ2n) is 7.59. The highest BCUT2D eigenvalue weighted by Crippen LogP contribution is 2.19. The maximum atomic E-state index is 12.4. The number of amides is 2. The number of imidazole rings is 1. The van der Waals surface area contributed by atoms with Crippen LogP contribution in [0.2, 0.25) is 0 Å². The van der Waals surface area contributed by atoms with Crippen molar-refractivity contribution >= 4 is 42.5 Å². The predicted octanol–water partition coefficient (Wildman–Crippen LogP) is 0.421. The molecular weight excluding hydrogens is 393 g/mol. The summed E-state index contributed by atoms with van der Waals surface area (Å²) < 4.78 is 0. The minimum Gasteiger partial charge on any atom is -0.370 e. The standard InChI is InChI=1S/C20H26BN9O/c21-17-10-25-19(29-18(17)24-6-4-16-9-23-12-26-16)27-14-2-1-3-15(8-14)28-20(31)30-7-5-13(22)11-30/h1-3,8-10,12-13H,4-7,11,21-22H2,(H,23,26)(H,28,31)(H2,24,25,27,29). The summed E-state index contributed by atoms with van der Waals surface area (Å²) in [5.41, 5.74) is 9.31. The zero-order chi connectivity index (χ0) is 21.6. The molecule has 1 aromatic carbocycles. The lowest BCUT2D eigenvalue weighted by atomic mass is 9.99. The maximum Gasteiger partial charge on any atom is 0.321 e. The highest BCUT2D eigenvalue weighted by atomic mass is 16.2. The van der Waals surface area contributed by atoms with Crippen LogP contribution in [0.25, 0.3) is 0 Å². The van der Waals surface area contributed by atoms with Crippen LogP contribution in [0.1, 0.15) is 12.1 Å². The van der Waals surface area contributed by atoms with Crippen molar-refractivity contribution in [2.24, 2.45) is 5.73 Å². The normalized spacial score (nSPS) is 15.6. The Kier molecular flexibility index (Phi) is 6.32. The molecule has 3 aromatic rings. The topological polar surface area (TPSA) is 137 Å². The molecule has 1 aliphatic rings. The monoisotopic (exact) mass is 419 g/mol. The summed E-state index contributed by atoms with van der Waals surface area (Å²) in [5, 5.41) is 9.46. The van der Waals surface area contributed by atoms with Gasteiger partial charge in [-0.3, -0.25) is 0 Å². The van der Waals surface area contributed by atoms with Gasteiger partial charge in [0.05, 0.1) is 12.0 Å². The van der Waals surface area contributed by atoms with E-state index in [2.05, 4.69) is 35.9 Å². The number of rotatable bonds is 7. The van der Waals surface area contributed by atoms with Crippen molar-refractivity contribution in [2.45, 2.75) is 18.9 Å². The molecule has 2 aromatic heterocycles. The van der Waals surface area contributed by atoms with Crippen LogP contribution in [-0.4, -0.2) is 64.4 Å². The highest BCUT2D eigenvalue weighted by molar-refractivity contribution is 6.35. The van der Waals surface area contributed by atoms with Crippen molar-refractivity contribution in [3.63, 3.8) is 0 Å². The highest BCUT2D eigenvalue weighted by Gasteiger charge is 2.23. The molecule has 4 rings (SSSR count). The van der Waals surface area contributed by atoms with E-state index in [1.807, 2.05) is 38.3 Å². The third-order valence-electron chi connectivity index (χ3n) is 5.08. The molecular formula is C20H26BN9O. The Morgan fingerprint density at radius 3 is 2.97 bits per heavy atom. The number of carbonyl (C=O) groups excluding carboxylic acids is 1. The van der Waals surface area contributed by atoms with Gasteiger partial charge in [-0.2, -0.15) is 4.98 Å². The molecule has 2 amide bonds. The minimum atomic E-state index is -0.139. The number of carbonyl (C=O) groups is 1. The van der Waals surface area contributed by atoms with Crippen molar-refractivity contribution in [1.29, 1.82) is 0 Å². The minimum absolute atomic E-state index is 0.0551. The van der Waals surface area contributed by atoms with E-state index in [-0.39, 0.29) is 12.1 Å². The Bertz CT molecular complexity index is 1030. The smallest absolute Gasteiger partial charge is 0.321 e. The third kappa shape index (κ3) is 5.51. The first-order chi connectivity index (χ1) is 15.1. The molecule has 0 bridgehead atoms. The Morgan fingerprint density at radius 1 is 1.32 bits per heavy atom. The number of anilines is 4. The Balaban J connectivity index is 1.37. The Labute approximate surface area is 181 Å². The van der Waals surface area contributed by atoms with Gasteiger partial charge in [-0.05, 0) is 30.1 Å². The summed E-state index contributed by atoms with van der Waals surface area (Å²) in [7, 11) is 1.96. The molecule has 0 radical (unpaired) electrons. The largest absolute Gasteiger partial charge is 0.370 e. The lowest BCUT2D eigenvalue weighted by Crippen LogP contribution is -2.35. The predicted molar refractivity (Wildman–Crippen MR) is 124 cm³/mol. The van der Waals surface area contributed by atoms with Gasteiger partial charge in [-0.25, -0.2) is 14.8 Å². The quantitative estimate of drug-likeness (QED) is 0.350. The average Bonchev–Trinajstić information content (AvgIpc) is 3.42. The number of urea groups is 1. The van der Waals surface area contributed by atoms with Gasteiger partial charge >= 0.3 is 6.03 Å². The Hall–Kier alpha value is -3.60. The summed E-state index contributed by atoms with van der Waals surface area (Å²) >= 11 is 0. The van der Waals surface area contributed by atoms with Crippen LogP contribution < -0.4 is 27.1 Å². The second kappa shape index (κ2) is 9.48. The molecule has 1 aliphatic heterocycles. The number of likely N-dealkylation sites (tertiary alicyclic amines) is 1. The average molecular weight is 419 g/mol. The molecule has 1 atom stereocenters. The number of benzene rings is 1. The van der Waals surface area contributed by atoms with Crippen LogP contribution in [0, 0.1) is 0 Å². The molecule has 11 heteroatoms. The van der Waals surface area contributed by atoms with E-state index >= 15 is 0 Å². The van der Waals surface area contributed by atoms with Gasteiger partial charge in [0, 0.05) is 55.9 Å². The first kappa shape index (κ1) is 20.7. The summed E-state index contributed by atoms with van der Waals surface area (Å²) in [5.74, 6) is 1.24. The first-order valence-electron chi connectivity index (χ1n) is 10.3. The number of nitrogens with one attached hydrogen (secondary N) is 4. The third-order valence-corrected chi connectivity index (χ3v) is 5.08. The number of nitrogens with zero attached hydrogens (tertiary/aromatic N) is 4. The molecule has 1 saturated heterocycles. The first-order valence-corrected chi connectivity index (χ1v) is 10.3. The van der Waals surface area contributed by atoms with Gasteiger partial charge in [-0.15, -0.1) is 0 Å². The number of H-pyrrole nitrogens is 1. The second-order valence-corrected chi connectivity index (χ2v) is 7.59. The van der Waals surface area contributed by atoms with Crippen molar-refractivity contribution in [3.8, 4) is 0 Å². The van der Waals surface area contributed by atoms with Crippen LogP contribution in [0.5, 0.6) is 0 Å². The summed E-state index contributed by atoms with van der Waals surface area (Å²) in [6, 6.07) is 7.37. The lowest BCUT2D eigenvalue weighted by Gasteiger charge is -2.17. The van der Waals surface area contributed by atoms with Gasteiger partial charge in [0.2, 0.25) is 5.95 Å². The molecule has 0 saturated carbocycles. The molecule has 10 nitrogen and oxygen atoms in total. The van der Waals surface area contributed by atoms with E-state index in [0.29, 0.717) is 31.3 Å². The van der Waals surface area contributed by atoms with Crippen molar-refractivity contribution in [1.82, 2.24) is 24.8 Å². The fraction of sp³-hybridized carbons (Fsp3) is 0.300. The van der Waals surface area contributed by atoms with Crippen LogP contribution in [0.15, 0.2) is 43.0 Å². The van der Waals surface area contributed by atoms with E-state index in [0.717, 1.165) is 35.5 Å². The van der Waals surface area contributed by atoms with Crippen LogP contribution in [-0.2, 0) is 6.42 Å². The molecule has 0 spiro atoms. The fourth-order valence-electron chi connectivity index (χ4n) is 3.40. The van der Waals surface area contributed by atoms with E-state index in [9.17, 15) is 4.79 Å². The zero-order valence-corrected chi connectivity index (χ0v) is 17.4. The van der Waals surface area contributed by atoms with Gasteiger partial charge in [0.25, 0.3) is 0 Å². The molecule has 160 valence electrons. The van der Waals surface area contributed by atoms with Crippen LogP contribution in [0.3, 0.4) is 0 Å². The Morgan fingerprint density at radius 2 is 2.19 bits per heavy atom. The van der Waals surface area contributed by atoms with Crippen molar-refractivity contribution < 1.29 is 4.79 Å². The molecule has 3 heterocycles. The van der Waals surface area contributed by atoms with Gasteiger partial charge in [0.15, 0.2) is 0 Å². The van der Waals surface area contributed by atoms with Crippen molar-refractivity contribution in [3.05, 3.63) is 48.7 Å². The molecule has 6 N–H and O–H groups in total. The number of aromatic nitrogens is 4. The van der Waals surface area contributed by atoms with Gasteiger partial charge in [0.1, 0.15) is 13.7 Å². The SMILES string of the molecule is Bc1cnc(Nc2cccc(NC(=O)N3CCC(N)C3)c2)nc1NCCc1c[nH]cn1. The van der Waals surface area contributed by atoms with Gasteiger partial charge in [-0.1, -0.05) is 6.07 Å². The molecule has 31 heavy (non-hydrogen) atoms. The number of hydrogen-bond donors (Lipinski definition) is 5. The van der Waals surface area contributed by atoms with Crippen molar-refractivity contribution in [2.75, 3.05) is 35.6 Å². The number of nitrogens with two attached hydrogens (primary N) is 1. The van der Waals surface area contributed by atoms with Crippen LogP contribution >= 0.6 is 0 Å². The van der Waals surface area contributed by atoms with E-state index in [1.54, 1.807) is 17.4 Å². The molecule has 0 aliphatic carbocycles. The molecule has 1 unspecified atom stereocenters. The summed E-state index contributed by atoms with van der Waals surface area (Å²) in [6.45, 7) is 1.97. The summed E-state index contributed by atoms with van der Waals surface area (Å²) in [6.07, 6.45) is 6.95.